The van der Waals surface area contributed by atoms with Crippen molar-refractivity contribution < 1.29 is 9.53 Å². The second-order valence-electron chi connectivity index (χ2n) is 4.35. The van der Waals surface area contributed by atoms with Crippen LogP contribution in [0.25, 0.3) is 22.4 Å². The fourth-order valence-electron chi connectivity index (χ4n) is 2.22. The van der Waals surface area contributed by atoms with Gasteiger partial charge in [0.15, 0.2) is 0 Å². The second kappa shape index (κ2) is 4.70. The molecule has 0 unspecified atom stereocenters. The number of benzene rings is 2. The first-order valence-corrected chi connectivity index (χ1v) is 6.12. The first-order valence-electron chi connectivity index (χ1n) is 6.12. The molecule has 0 aliphatic rings. The zero-order chi connectivity index (χ0) is 14.1. The number of ether oxygens (including phenoxy) is 1. The third-order valence-corrected chi connectivity index (χ3v) is 3.13. The van der Waals surface area contributed by atoms with Crippen molar-refractivity contribution in [1.82, 2.24) is 9.97 Å². The summed E-state index contributed by atoms with van der Waals surface area (Å²) in [5.41, 5.74) is 8.19. The lowest BCUT2D eigenvalue weighted by atomic mass is 10.1. The van der Waals surface area contributed by atoms with Gasteiger partial charge in [0.05, 0.1) is 29.3 Å². The molecule has 100 valence electrons. The fraction of sp³-hybridized carbons (Fsp3) is 0.0667. The molecule has 3 N–H and O–H groups in total. The summed E-state index contributed by atoms with van der Waals surface area (Å²) in [6.07, 6.45) is 0. The van der Waals surface area contributed by atoms with Crippen LogP contribution in [0, 0.1) is 0 Å². The van der Waals surface area contributed by atoms with Crippen molar-refractivity contribution in [3.8, 4) is 17.1 Å². The maximum atomic E-state index is 11.4. The van der Waals surface area contributed by atoms with E-state index in [-0.39, 0.29) is 0 Å². The number of primary amides is 1. The second-order valence-corrected chi connectivity index (χ2v) is 4.35. The van der Waals surface area contributed by atoms with Gasteiger partial charge in [0.2, 0.25) is 0 Å². The van der Waals surface area contributed by atoms with Gasteiger partial charge in [0, 0.05) is 0 Å². The monoisotopic (exact) mass is 267 g/mol. The van der Waals surface area contributed by atoms with Crippen LogP contribution in [0.15, 0.2) is 42.5 Å². The number of amides is 1. The Kier molecular flexibility index (Phi) is 2.87. The Morgan fingerprint density at radius 1 is 1.20 bits per heavy atom. The highest BCUT2D eigenvalue weighted by Gasteiger charge is 2.16. The standard InChI is InChI=1S/C15H13N3O2/c1-20-13-9(14(16)19)5-4-6-10(13)15-17-11-7-2-3-8-12(11)18-15/h2-8H,1H3,(H2,16,19)(H,17,18). The molecule has 1 amide bonds. The molecule has 5 heteroatoms. The summed E-state index contributed by atoms with van der Waals surface area (Å²) in [7, 11) is 1.51. The lowest BCUT2D eigenvalue weighted by molar-refractivity contribution is 0.0997. The average Bonchev–Trinajstić information content (AvgIpc) is 2.89. The van der Waals surface area contributed by atoms with Crippen LogP contribution in [-0.4, -0.2) is 23.0 Å². The molecule has 20 heavy (non-hydrogen) atoms. The molecule has 5 nitrogen and oxygen atoms in total. The molecule has 1 aromatic heterocycles. The molecule has 3 aromatic rings. The van der Waals surface area contributed by atoms with E-state index in [1.165, 1.54) is 7.11 Å². The number of rotatable bonds is 3. The topological polar surface area (TPSA) is 81.0 Å². The molecule has 0 atom stereocenters. The van der Waals surface area contributed by atoms with Crippen molar-refractivity contribution >= 4 is 16.9 Å². The van der Waals surface area contributed by atoms with E-state index in [2.05, 4.69) is 9.97 Å². The van der Waals surface area contributed by atoms with E-state index in [9.17, 15) is 4.79 Å². The Balaban J connectivity index is 2.23. The highest BCUT2D eigenvalue weighted by molar-refractivity contribution is 5.98. The van der Waals surface area contributed by atoms with Crippen LogP contribution in [0.5, 0.6) is 5.75 Å². The van der Waals surface area contributed by atoms with Crippen molar-refractivity contribution in [1.29, 1.82) is 0 Å². The van der Waals surface area contributed by atoms with Crippen molar-refractivity contribution in [2.45, 2.75) is 0 Å². The van der Waals surface area contributed by atoms with Crippen LogP contribution < -0.4 is 10.5 Å². The normalized spacial score (nSPS) is 10.7. The Bertz CT molecular complexity index is 760. The van der Waals surface area contributed by atoms with Crippen molar-refractivity contribution in [3.63, 3.8) is 0 Å². The molecule has 0 spiro atoms. The summed E-state index contributed by atoms with van der Waals surface area (Å²) in [6.45, 7) is 0. The predicted octanol–water partition coefficient (Wildman–Crippen LogP) is 2.34. The van der Waals surface area contributed by atoms with Gasteiger partial charge in [0.25, 0.3) is 5.91 Å². The zero-order valence-electron chi connectivity index (χ0n) is 10.9. The number of nitrogens with one attached hydrogen (secondary N) is 1. The van der Waals surface area contributed by atoms with Gasteiger partial charge >= 0.3 is 0 Å². The lowest BCUT2D eigenvalue weighted by Crippen LogP contribution is -2.12. The quantitative estimate of drug-likeness (QED) is 0.764. The van der Waals surface area contributed by atoms with Gasteiger partial charge in [-0.1, -0.05) is 18.2 Å². The summed E-state index contributed by atoms with van der Waals surface area (Å²) in [6, 6.07) is 12.9. The van der Waals surface area contributed by atoms with Crippen molar-refractivity contribution in [2.75, 3.05) is 7.11 Å². The van der Waals surface area contributed by atoms with Crippen LogP contribution in [0.3, 0.4) is 0 Å². The van der Waals surface area contributed by atoms with Gasteiger partial charge in [-0.3, -0.25) is 4.79 Å². The van der Waals surface area contributed by atoms with E-state index in [4.69, 9.17) is 10.5 Å². The highest BCUT2D eigenvalue weighted by atomic mass is 16.5. The van der Waals surface area contributed by atoms with Crippen molar-refractivity contribution in [2.24, 2.45) is 5.73 Å². The summed E-state index contributed by atoms with van der Waals surface area (Å²) in [5, 5.41) is 0. The summed E-state index contributed by atoms with van der Waals surface area (Å²) in [4.78, 5) is 19.2. The molecule has 0 aliphatic carbocycles. The van der Waals surface area contributed by atoms with E-state index in [1.54, 1.807) is 12.1 Å². The molecular weight excluding hydrogens is 254 g/mol. The van der Waals surface area contributed by atoms with E-state index >= 15 is 0 Å². The first kappa shape index (κ1) is 12.2. The Labute approximate surface area is 115 Å². The minimum Gasteiger partial charge on any atom is -0.495 e. The summed E-state index contributed by atoms with van der Waals surface area (Å²) >= 11 is 0. The van der Waals surface area contributed by atoms with Gasteiger partial charge < -0.3 is 15.5 Å². The number of carbonyl (C=O) groups excluding carboxylic acids is 1. The maximum absolute atomic E-state index is 11.4. The predicted molar refractivity (Wildman–Crippen MR) is 76.6 cm³/mol. The number of hydrogen-bond acceptors (Lipinski definition) is 3. The number of fused-ring (bicyclic) bond motifs is 1. The van der Waals surface area contributed by atoms with Crippen LogP contribution in [0.4, 0.5) is 0 Å². The highest BCUT2D eigenvalue weighted by Crippen LogP contribution is 2.32. The van der Waals surface area contributed by atoms with Crippen LogP contribution in [0.1, 0.15) is 10.4 Å². The fourth-order valence-corrected chi connectivity index (χ4v) is 2.22. The minimum atomic E-state index is -0.528. The average molecular weight is 267 g/mol. The largest absolute Gasteiger partial charge is 0.495 e. The molecule has 0 saturated carbocycles. The molecule has 0 radical (unpaired) electrons. The number of imidazole rings is 1. The molecule has 0 aliphatic heterocycles. The van der Waals surface area contributed by atoms with Crippen LogP contribution >= 0.6 is 0 Å². The number of methoxy groups -OCH3 is 1. The Morgan fingerprint density at radius 2 is 2.00 bits per heavy atom. The molecule has 0 bridgehead atoms. The first-order chi connectivity index (χ1) is 9.70. The molecular formula is C15H13N3O2. The van der Waals surface area contributed by atoms with Gasteiger partial charge in [-0.25, -0.2) is 4.98 Å². The summed E-state index contributed by atoms with van der Waals surface area (Å²) < 4.78 is 5.33. The number of carbonyl (C=O) groups is 1. The minimum absolute atomic E-state index is 0.338. The molecule has 2 aromatic carbocycles. The molecule has 1 heterocycles. The van der Waals surface area contributed by atoms with E-state index in [1.807, 2.05) is 30.3 Å². The van der Waals surface area contributed by atoms with E-state index in [0.717, 1.165) is 11.0 Å². The molecule has 3 rings (SSSR count). The number of aromatic nitrogens is 2. The van der Waals surface area contributed by atoms with Gasteiger partial charge in [-0.05, 0) is 24.3 Å². The third-order valence-electron chi connectivity index (χ3n) is 3.13. The van der Waals surface area contributed by atoms with Crippen LogP contribution in [0.2, 0.25) is 0 Å². The molecule has 0 fully saturated rings. The SMILES string of the molecule is COc1c(C(N)=O)cccc1-c1nc2ccccc2[nH]1. The maximum Gasteiger partial charge on any atom is 0.252 e. The van der Waals surface area contributed by atoms with Crippen LogP contribution in [-0.2, 0) is 0 Å². The number of H-pyrrole nitrogens is 1. The number of nitrogens with zero attached hydrogens (tertiary/aromatic N) is 1. The van der Waals surface area contributed by atoms with Gasteiger partial charge in [0.1, 0.15) is 11.6 Å². The smallest absolute Gasteiger partial charge is 0.252 e. The number of aromatic amines is 1. The van der Waals surface area contributed by atoms with Gasteiger partial charge in [-0.15, -0.1) is 0 Å². The Morgan fingerprint density at radius 3 is 2.70 bits per heavy atom. The molecule has 0 saturated heterocycles. The number of nitrogens with two attached hydrogens (primary N) is 1. The lowest BCUT2D eigenvalue weighted by Gasteiger charge is -2.09. The summed E-state index contributed by atoms with van der Waals surface area (Å²) in [5.74, 6) is 0.546. The third kappa shape index (κ3) is 1.89. The van der Waals surface area contributed by atoms with E-state index < -0.39 is 5.91 Å². The van der Waals surface area contributed by atoms with Gasteiger partial charge in [-0.2, -0.15) is 0 Å². The van der Waals surface area contributed by atoms with Crippen molar-refractivity contribution in [3.05, 3.63) is 48.0 Å². The Hall–Kier alpha value is -2.82. The van der Waals surface area contributed by atoms with E-state index in [0.29, 0.717) is 22.7 Å². The number of para-hydroxylation sites is 3. The number of hydrogen-bond donors (Lipinski definition) is 2. The zero-order valence-corrected chi connectivity index (χ0v) is 10.9.